The molecule has 0 saturated carbocycles. The minimum Gasteiger partial charge on any atom is -0.379 e. The number of pyridine rings is 1. The number of nitrogens with one attached hydrogen (secondary N) is 2. The lowest BCUT2D eigenvalue weighted by atomic mass is 10.0. The minimum absolute atomic E-state index is 0.108. The van der Waals surface area contributed by atoms with E-state index in [1.807, 2.05) is 37.3 Å². The smallest absolute Gasteiger partial charge is 0.254 e. The summed E-state index contributed by atoms with van der Waals surface area (Å²) < 4.78 is 5.52. The summed E-state index contributed by atoms with van der Waals surface area (Å²) in [6.45, 7) is 7.41. The van der Waals surface area contributed by atoms with Crippen LogP contribution >= 0.6 is 11.6 Å². The average Bonchev–Trinajstić information content (AvgIpc) is 2.79. The molecule has 7 nitrogen and oxygen atoms in total. The number of halogens is 1. The number of aromatic amines is 1. The molecule has 1 aliphatic rings. The molecule has 4 rings (SSSR count). The van der Waals surface area contributed by atoms with Crippen molar-refractivity contribution in [1.29, 1.82) is 0 Å². The maximum absolute atomic E-state index is 12.0. The lowest BCUT2D eigenvalue weighted by Gasteiger charge is -2.35. The van der Waals surface area contributed by atoms with Crippen LogP contribution < -0.4 is 10.9 Å². The molecule has 8 heteroatoms. The van der Waals surface area contributed by atoms with Crippen LogP contribution in [0.4, 0.5) is 5.82 Å². The van der Waals surface area contributed by atoms with Crippen molar-refractivity contribution >= 4 is 17.4 Å². The Balaban J connectivity index is 1.51. The molecule has 1 unspecified atom stereocenters. The van der Waals surface area contributed by atoms with E-state index in [1.54, 1.807) is 13.1 Å². The van der Waals surface area contributed by atoms with Crippen LogP contribution in [0.3, 0.4) is 0 Å². The third-order valence-corrected chi connectivity index (χ3v) is 6.00. The molecule has 1 fully saturated rings. The van der Waals surface area contributed by atoms with Gasteiger partial charge in [0.05, 0.1) is 19.3 Å². The zero-order valence-electron chi connectivity index (χ0n) is 17.7. The summed E-state index contributed by atoms with van der Waals surface area (Å²) in [7, 11) is 0. The normalized spacial score (nSPS) is 15.6. The molecule has 1 atom stereocenters. The fraction of sp³-hybridized carbons (Fsp3) is 0.348. The third kappa shape index (κ3) is 4.95. The van der Waals surface area contributed by atoms with Crippen molar-refractivity contribution in [1.82, 2.24) is 19.9 Å². The topological polar surface area (TPSA) is 83.1 Å². The van der Waals surface area contributed by atoms with Crippen molar-refractivity contribution < 1.29 is 4.74 Å². The van der Waals surface area contributed by atoms with Gasteiger partial charge in [-0.2, -0.15) is 0 Å². The molecule has 162 valence electrons. The van der Waals surface area contributed by atoms with Gasteiger partial charge < -0.3 is 15.0 Å². The zero-order chi connectivity index (χ0) is 21.8. The molecule has 0 spiro atoms. The number of H-pyrrole nitrogens is 1. The van der Waals surface area contributed by atoms with Gasteiger partial charge in [-0.1, -0.05) is 29.8 Å². The largest absolute Gasteiger partial charge is 0.379 e. The molecule has 1 aliphatic heterocycles. The Morgan fingerprint density at radius 1 is 1.19 bits per heavy atom. The highest BCUT2D eigenvalue weighted by molar-refractivity contribution is 6.31. The second-order valence-corrected chi connectivity index (χ2v) is 8.03. The van der Waals surface area contributed by atoms with E-state index in [4.69, 9.17) is 16.3 Å². The van der Waals surface area contributed by atoms with E-state index in [0.29, 0.717) is 23.6 Å². The highest BCUT2D eigenvalue weighted by Gasteiger charge is 2.24. The van der Waals surface area contributed by atoms with Gasteiger partial charge in [-0.05, 0) is 37.6 Å². The van der Waals surface area contributed by atoms with Crippen LogP contribution in [0.5, 0.6) is 0 Å². The molecule has 0 radical (unpaired) electrons. The van der Waals surface area contributed by atoms with E-state index >= 15 is 0 Å². The Morgan fingerprint density at radius 2 is 1.97 bits per heavy atom. The second-order valence-electron chi connectivity index (χ2n) is 7.62. The highest BCUT2D eigenvalue weighted by atomic mass is 35.5. The van der Waals surface area contributed by atoms with Crippen LogP contribution in [0.2, 0.25) is 5.02 Å². The highest BCUT2D eigenvalue weighted by Crippen LogP contribution is 2.28. The number of anilines is 1. The van der Waals surface area contributed by atoms with Gasteiger partial charge in [0.2, 0.25) is 0 Å². The average molecular weight is 440 g/mol. The molecule has 0 aliphatic carbocycles. The summed E-state index contributed by atoms with van der Waals surface area (Å²) in [6.07, 6.45) is 1.72. The molecule has 0 amide bonds. The quantitative estimate of drug-likeness (QED) is 0.610. The van der Waals surface area contributed by atoms with Crippen molar-refractivity contribution in [2.24, 2.45) is 0 Å². The number of ether oxygens (including phenoxy) is 1. The Bertz CT molecular complexity index is 1090. The lowest BCUT2D eigenvalue weighted by molar-refractivity contribution is 0.0187. The number of rotatable bonds is 6. The van der Waals surface area contributed by atoms with E-state index in [1.165, 1.54) is 0 Å². The van der Waals surface area contributed by atoms with Crippen LogP contribution in [0, 0.1) is 13.8 Å². The number of benzene rings is 1. The number of hydrogen-bond acceptors (Lipinski definition) is 6. The van der Waals surface area contributed by atoms with Crippen molar-refractivity contribution in [2.45, 2.75) is 19.9 Å². The number of aromatic nitrogens is 3. The first-order valence-corrected chi connectivity index (χ1v) is 10.7. The fourth-order valence-electron chi connectivity index (χ4n) is 3.69. The van der Waals surface area contributed by atoms with Gasteiger partial charge >= 0.3 is 0 Å². The molecule has 31 heavy (non-hydrogen) atoms. The Labute approximate surface area is 186 Å². The Morgan fingerprint density at radius 3 is 2.65 bits per heavy atom. The van der Waals surface area contributed by atoms with Gasteiger partial charge in [-0.25, -0.2) is 9.97 Å². The number of aryl methyl sites for hydroxylation is 1. The second kappa shape index (κ2) is 9.60. The first kappa shape index (κ1) is 21.5. The van der Waals surface area contributed by atoms with Crippen LogP contribution in [0.15, 0.2) is 47.4 Å². The molecular formula is C23H26ClN5O2. The van der Waals surface area contributed by atoms with E-state index < -0.39 is 0 Å². The molecule has 3 heterocycles. The van der Waals surface area contributed by atoms with Crippen molar-refractivity contribution in [3.8, 4) is 11.4 Å². The van der Waals surface area contributed by atoms with Crippen molar-refractivity contribution in [3.63, 3.8) is 0 Å². The number of morpholine rings is 1. The summed E-state index contributed by atoms with van der Waals surface area (Å²) in [6, 6.07) is 11.9. The van der Waals surface area contributed by atoms with Gasteiger partial charge in [0.1, 0.15) is 11.6 Å². The summed E-state index contributed by atoms with van der Waals surface area (Å²) in [5.41, 5.74) is 3.07. The molecule has 0 bridgehead atoms. The number of hydrogen-bond donors (Lipinski definition) is 2. The third-order valence-electron chi connectivity index (χ3n) is 5.66. The molecule has 1 aromatic carbocycles. The van der Waals surface area contributed by atoms with E-state index in [-0.39, 0.29) is 11.6 Å². The maximum Gasteiger partial charge on any atom is 0.254 e. The van der Waals surface area contributed by atoms with Crippen LogP contribution in [0.25, 0.3) is 11.4 Å². The van der Waals surface area contributed by atoms with Gasteiger partial charge in [0.15, 0.2) is 0 Å². The van der Waals surface area contributed by atoms with Crippen molar-refractivity contribution in [2.75, 3.05) is 38.2 Å². The fourth-order valence-corrected chi connectivity index (χ4v) is 3.95. The first-order chi connectivity index (χ1) is 15.0. The van der Waals surface area contributed by atoms with Gasteiger partial charge in [0.25, 0.3) is 5.56 Å². The summed E-state index contributed by atoms with van der Waals surface area (Å²) in [5, 5.41) is 4.19. The van der Waals surface area contributed by atoms with Gasteiger partial charge in [-0.3, -0.25) is 9.69 Å². The predicted molar refractivity (Wildman–Crippen MR) is 123 cm³/mol. The first-order valence-electron chi connectivity index (χ1n) is 10.4. The Hall–Kier alpha value is -2.74. The van der Waals surface area contributed by atoms with Gasteiger partial charge in [-0.15, -0.1) is 0 Å². The zero-order valence-corrected chi connectivity index (χ0v) is 18.4. The number of nitrogens with zero attached hydrogens (tertiary/aromatic N) is 3. The van der Waals surface area contributed by atoms with Gasteiger partial charge in [0, 0.05) is 47.7 Å². The molecule has 3 aromatic rings. The Kier molecular flexibility index (Phi) is 6.65. The van der Waals surface area contributed by atoms with E-state index in [9.17, 15) is 4.79 Å². The van der Waals surface area contributed by atoms with Crippen LogP contribution in [0.1, 0.15) is 22.9 Å². The molecule has 2 N–H and O–H groups in total. The summed E-state index contributed by atoms with van der Waals surface area (Å²) in [4.78, 5) is 26.2. The molecular weight excluding hydrogens is 414 g/mol. The van der Waals surface area contributed by atoms with E-state index in [0.717, 1.165) is 48.3 Å². The standard InChI is InChI=1S/C23H26ClN5O2/c1-15-16(2)27-22(28-23(15)30)17-7-8-21(25-13-17)26-14-20(29-9-11-31-12-10-29)18-5-3-4-6-19(18)24/h3-8,13,20H,9-12,14H2,1-2H3,(H,25,26)(H,27,28,30). The van der Waals surface area contributed by atoms with Crippen molar-refractivity contribution in [3.05, 3.63) is 74.8 Å². The maximum atomic E-state index is 12.0. The molecule has 2 aromatic heterocycles. The predicted octanol–water partition coefficient (Wildman–Crippen LogP) is 3.59. The SMILES string of the molecule is Cc1nc(-c2ccc(NCC(c3ccccc3Cl)N3CCOCC3)nc2)[nH]c(=O)c1C. The summed E-state index contributed by atoms with van der Waals surface area (Å²) in [5.74, 6) is 1.27. The van der Waals surface area contributed by atoms with Crippen LogP contribution in [-0.2, 0) is 4.74 Å². The minimum atomic E-state index is -0.127. The monoisotopic (exact) mass is 439 g/mol. The molecule has 1 saturated heterocycles. The lowest BCUT2D eigenvalue weighted by Crippen LogP contribution is -2.41. The summed E-state index contributed by atoms with van der Waals surface area (Å²) >= 11 is 6.51. The van der Waals surface area contributed by atoms with Crippen LogP contribution in [-0.4, -0.2) is 52.7 Å². The van der Waals surface area contributed by atoms with E-state index in [2.05, 4.69) is 31.2 Å².